The first kappa shape index (κ1) is 18.4. The number of carbonyl (C=O) groups is 1. The van der Waals surface area contributed by atoms with Crippen LogP contribution < -0.4 is 13.8 Å². The van der Waals surface area contributed by atoms with Crippen LogP contribution in [0.3, 0.4) is 0 Å². The van der Waals surface area contributed by atoms with Crippen LogP contribution in [0.25, 0.3) is 0 Å². The minimum absolute atomic E-state index is 0.236. The molecule has 0 fully saturated rings. The van der Waals surface area contributed by atoms with Crippen molar-refractivity contribution in [3.63, 3.8) is 0 Å². The number of hydrogen-bond acceptors (Lipinski definition) is 5. The molecule has 134 valence electrons. The summed E-state index contributed by atoms with van der Waals surface area (Å²) < 4.78 is 36.8. The van der Waals surface area contributed by atoms with Gasteiger partial charge in [0.1, 0.15) is 19.3 Å². The summed E-state index contributed by atoms with van der Waals surface area (Å²) in [6.45, 7) is 7.24. The highest BCUT2D eigenvalue weighted by Gasteiger charge is 2.32. The number of fused-ring (bicyclic) bond motifs is 1. The fraction of sp³-hybridized carbons (Fsp3) is 0.562. The number of hydrogen-bond donors (Lipinski definition) is 0. The highest BCUT2D eigenvalue weighted by molar-refractivity contribution is 7.92. The number of anilines is 1. The average Bonchev–Trinajstić information content (AvgIpc) is 2.54. The Kier molecular flexibility index (Phi) is 5.58. The number of benzene rings is 1. The van der Waals surface area contributed by atoms with Crippen LogP contribution in [0, 0.1) is 0 Å². The average molecular weight is 356 g/mol. The molecule has 1 amide bonds. The predicted octanol–water partition coefficient (Wildman–Crippen LogP) is 1.48. The van der Waals surface area contributed by atoms with Gasteiger partial charge in [-0.1, -0.05) is 0 Å². The molecule has 0 N–H and O–H groups in total. The van der Waals surface area contributed by atoms with Crippen molar-refractivity contribution < 1.29 is 22.7 Å². The third-order valence-corrected chi connectivity index (χ3v) is 5.16. The highest BCUT2D eigenvalue weighted by Crippen LogP contribution is 2.35. The van der Waals surface area contributed by atoms with E-state index in [2.05, 4.69) is 0 Å². The van der Waals surface area contributed by atoms with Crippen LogP contribution in [0.4, 0.5) is 5.69 Å². The van der Waals surface area contributed by atoms with Gasteiger partial charge in [0.25, 0.3) is 0 Å². The molecule has 0 aliphatic carbocycles. The molecular weight excluding hydrogens is 332 g/mol. The molecular formula is C16H24N2O5S. The molecule has 0 radical (unpaired) electrons. The number of carbonyl (C=O) groups excluding carboxylic acids is 1. The second-order valence-electron chi connectivity index (χ2n) is 5.57. The molecule has 0 bridgehead atoms. The molecule has 1 unspecified atom stereocenters. The number of sulfonamides is 1. The molecule has 1 aliphatic heterocycles. The zero-order valence-electron chi connectivity index (χ0n) is 14.5. The Labute approximate surface area is 143 Å². The Morgan fingerprint density at radius 3 is 2.29 bits per heavy atom. The van der Waals surface area contributed by atoms with E-state index in [-0.39, 0.29) is 5.91 Å². The Balaban J connectivity index is 2.41. The standard InChI is InChI=1S/C16H24N2O5S/c1-5-17(6-2)16(19)12(3)18(24(4,20)21)13-7-8-14-15(11-13)23-10-9-22-14/h7-8,11-12H,5-6,9-10H2,1-4H3. The number of amides is 1. The fourth-order valence-electron chi connectivity index (χ4n) is 2.77. The number of ether oxygens (including phenoxy) is 2. The Morgan fingerprint density at radius 1 is 1.17 bits per heavy atom. The smallest absolute Gasteiger partial charge is 0.246 e. The maximum absolute atomic E-state index is 12.6. The molecule has 1 atom stereocenters. The Hall–Kier alpha value is -1.96. The van der Waals surface area contributed by atoms with Gasteiger partial charge in [0.05, 0.1) is 11.9 Å². The molecule has 1 aromatic carbocycles. The van der Waals surface area contributed by atoms with E-state index in [0.29, 0.717) is 43.5 Å². The first-order valence-corrected chi connectivity index (χ1v) is 9.82. The molecule has 0 saturated carbocycles. The molecule has 1 aromatic rings. The van der Waals surface area contributed by atoms with Crippen LogP contribution in [-0.2, 0) is 14.8 Å². The quantitative estimate of drug-likeness (QED) is 0.772. The summed E-state index contributed by atoms with van der Waals surface area (Å²) in [7, 11) is -3.65. The van der Waals surface area contributed by atoms with Crippen LogP contribution in [0.2, 0.25) is 0 Å². The van der Waals surface area contributed by atoms with Gasteiger partial charge in [0.2, 0.25) is 15.9 Å². The van der Waals surface area contributed by atoms with Gasteiger partial charge in [-0.2, -0.15) is 0 Å². The van der Waals surface area contributed by atoms with Gasteiger partial charge in [0.15, 0.2) is 11.5 Å². The van der Waals surface area contributed by atoms with Crippen molar-refractivity contribution >= 4 is 21.6 Å². The van der Waals surface area contributed by atoms with Gasteiger partial charge in [-0.3, -0.25) is 9.10 Å². The van der Waals surface area contributed by atoms with Gasteiger partial charge < -0.3 is 14.4 Å². The van der Waals surface area contributed by atoms with Crippen LogP contribution in [-0.4, -0.2) is 57.8 Å². The van der Waals surface area contributed by atoms with Crippen molar-refractivity contribution in [2.24, 2.45) is 0 Å². The first-order valence-electron chi connectivity index (χ1n) is 7.97. The van der Waals surface area contributed by atoms with Crippen LogP contribution in [0.5, 0.6) is 11.5 Å². The molecule has 0 aromatic heterocycles. The fourth-order valence-corrected chi connectivity index (χ4v) is 3.93. The number of nitrogens with zero attached hydrogens (tertiary/aromatic N) is 2. The van der Waals surface area contributed by atoms with E-state index in [1.165, 1.54) is 0 Å². The largest absolute Gasteiger partial charge is 0.486 e. The van der Waals surface area contributed by atoms with Crippen LogP contribution >= 0.6 is 0 Å². The zero-order chi connectivity index (χ0) is 17.9. The molecule has 1 aliphatic rings. The first-order chi connectivity index (χ1) is 11.3. The lowest BCUT2D eigenvalue weighted by atomic mass is 10.2. The minimum Gasteiger partial charge on any atom is -0.486 e. The SMILES string of the molecule is CCN(CC)C(=O)C(C)N(c1ccc2c(c1)OCCO2)S(C)(=O)=O. The van der Waals surface area contributed by atoms with E-state index in [1.807, 2.05) is 13.8 Å². The Morgan fingerprint density at radius 2 is 1.75 bits per heavy atom. The normalized spacial score (nSPS) is 14.8. The van der Waals surface area contributed by atoms with Crippen LogP contribution in [0.15, 0.2) is 18.2 Å². The zero-order valence-corrected chi connectivity index (χ0v) is 15.3. The molecule has 1 heterocycles. The summed E-state index contributed by atoms with van der Waals surface area (Å²) in [4.78, 5) is 14.2. The molecule has 7 nitrogen and oxygen atoms in total. The van der Waals surface area contributed by atoms with E-state index in [0.717, 1.165) is 10.6 Å². The summed E-state index contributed by atoms with van der Waals surface area (Å²) >= 11 is 0. The third kappa shape index (κ3) is 3.75. The summed E-state index contributed by atoms with van der Waals surface area (Å²) in [5, 5.41) is 0. The maximum atomic E-state index is 12.6. The molecule has 0 spiro atoms. The van der Waals surface area contributed by atoms with Crippen molar-refractivity contribution in [3.05, 3.63) is 18.2 Å². The van der Waals surface area contributed by atoms with Gasteiger partial charge in [-0.25, -0.2) is 8.42 Å². The molecule has 0 saturated heterocycles. The van der Waals surface area contributed by atoms with Gasteiger partial charge in [-0.15, -0.1) is 0 Å². The maximum Gasteiger partial charge on any atom is 0.246 e. The number of likely N-dealkylation sites (N-methyl/N-ethyl adjacent to an activating group) is 1. The highest BCUT2D eigenvalue weighted by atomic mass is 32.2. The van der Waals surface area contributed by atoms with Gasteiger partial charge in [-0.05, 0) is 32.9 Å². The van der Waals surface area contributed by atoms with E-state index in [1.54, 1.807) is 30.0 Å². The lowest BCUT2D eigenvalue weighted by Gasteiger charge is -2.32. The van der Waals surface area contributed by atoms with E-state index in [9.17, 15) is 13.2 Å². The van der Waals surface area contributed by atoms with Gasteiger partial charge >= 0.3 is 0 Å². The van der Waals surface area contributed by atoms with E-state index in [4.69, 9.17) is 9.47 Å². The summed E-state index contributed by atoms with van der Waals surface area (Å²) in [5.74, 6) is 0.816. The third-order valence-electron chi connectivity index (χ3n) is 3.92. The second kappa shape index (κ2) is 7.29. The van der Waals surface area contributed by atoms with E-state index >= 15 is 0 Å². The van der Waals surface area contributed by atoms with Crippen molar-refractivity contribution in [2.45, 2.75) is 26.8 Å². The van der Waals surface area contributed by atoms with Gasteiger partial charge in [0, 0.05) is 19.2 Å². The summed E-state index contributed by atoms with van der Waals surface area (Å²) in [6.07, 6.45) is 1.09. The van der Waals surface area contributed by atoms with Crippen LogP contribution in [0.1, 0.15) is 20.8 Å². The lowest BCUT2D eigenvalue weighted by Crippen LogP contribution is -2.49. The monoisotopic (exact) mass is 356 g/mol. The molecule has 24 heavy (non-hydrogen) atoms. The molecule has 8 heteroatoms. The second-order valence-corrected chi connectivity index (χ2v) is 7.43. The predicted molar refractivity (Wildman–Crippen MR) is 92.1 cm³/mol. The van der Waals surface area contributed by atoms with Crippen molar-refractivity contribution in [1.82, 2.24) is 4.90 Å². The van der Waals surface area contributed by atoms with Crippen molar-refractivity contribution in [1.29, 1.82) is 0 Å². The van der Waals surface area contributed by atoms with E-state index < -0.39 is 16.1 Å². The summed E-state index contributed by atoms with van der Waals surface area (Å²) in [6, 6.07) is 4.04. The number of rotatable bonds is 6. The topological polar surface area (TPSA) is 76.2 Å². The molecule has 2 rings (SSSR count). The lowest BCUT2D eigenvalue weighted by molar-refractivity contribution is -0.131. The Bertz CT molecular complexity index is 700. The minimum atomic E-state index is -3.65. The van der Waals surface area contributed by atoms with Crippen molar-refractivity contribution in [3.8, 4) is 11.5 Å². The van der Waals surface area contributed by atoms with Crippen molar-refractivity contribution in [2.75, 3.05) is 36.9 Å². The summed E-state index contributed by atoms with van der Waals surface area (Å²) in [5.41, 5.74) is 0.384.